The van der Waals surface area contributed by atoms with Gasteiger partial charge in [0.05, 0.1) is 17.9 Å². The topological polar surface area (TPSA) is 44.5 Å². The zero-order valence-corrected chi connectivity index (χ0v) is 10.7. The molecule has 3 heteroatoms. The summed E-state index contributed by atoms with van der Waals surface area (Å²) in [5.74, 6) is 1.41. The van der Waals surface area contributed by atoms with E-state index in [-0.39, 0.29) is 12.2 Å². The molecule has 1 aromatic rings. The van der Waals surface area contributed by atoms with Gasteiger partial charge in [0.15, 0.2) is 11.5 Å². The van der Waals surface area contributed by atoms with Crippen molar-refractivity contribution in [1.29, 1.82) is 0 Å². The fourth-order valence-corrected chi connectivity index (χ4v) is 1.42. The molecule has 0 aliphatic heterocycles. The van der Waals surface area contributed by atoms with Crippen LogP contribution in [0.3, 0.4) is 0 Å². The van der Waals surface area contributed by atoms with Gasteiger partial charge in [-0.05, 0) is 46.2 Å². The Labute approximate surface area is 97.6 Å². The Morgan fingerprint density at radius 1 is 0.938 bits per heavy atom. The van der Waals surface area contributed by atoms with Gasteiger partial charge in [0.25, 0.3) is 0 Å². The second-order valence-corrected chi connectivity index (χ2v) is 4.46. The highest BCUT2D eigenvalue weighted by Gasteiger charge is 2.14. The Morgan fingerprint density at radius 3 is 1.94 bits per heavy atom. The number of ether oxygens (including phenoxy) is 2. The number of hydrogen-bond donors (Lipinski definition) is 1. The van der Waals surface area contributed by atoms with Crippen molar-refractivity contribution in [3.05, 3.63) is 17.7 Å². The van der Waals surface area contributed by atoms with Crippen molar-refractivity contribution < 1.29 is 9.47 Å². The summed E-state index contributed by atoms with van der Waals surface area (Å²) < 4.78 is 11.5. The number of hydrogen-bond acceptors (Lipinski definition) is 3. The predicted octanol–water partition coefficient (Wildman–Crippen LogP) is 3.15. The molecule has 0 aliphatic carbocycles. The van der Waals surface area contributed by atoms with Gasteiger partial charge in [-0.25, -0.2) is 0 Å². The van der Waals surface area contributed by atoms with E-state index in [0.717, 1.165) is 11.3 Å². The van der Waals surface area contributed by atoms with Crippen molar-refractivity contribution in [2.45, 2.75) is 46.8 Å². The van der Waals surface area contributed by atoms with Crippen LogP contribution in [0.4, 0.5) is 5.69 Å². The molecule has 0 saturated heterocycles. The number of rotatable bonds is 4. The van der Waals surface area contributed by atoms with Crippen LogP contribution >= 0.6 is 0 Å². The van der Waals surface area contributed by atoms with Gasteiger partial charge in [0.2, 0.25) is 0 Å². The van der Waals surface area contributed by atoms with Gasteiger partial charge in [-0.3, -0.25) is 0 Å². The van der Waals surface area contributed by atoms with Crippen LogP contribution in [0.25, 0.3) is 0 Å². The molecule has 0 bridgehead atoms. The summed E-state index contributed by atoms with van der Waals surface area (Å²) >= 11 is 0. The van der Waals surface area contributed by atoms with Crippen molar-refractivity contribution in [2.24, 2.45) is 0 Å². The molecule has 90 valence electrons. The smallest absolute Gasteiger partial charge is 0.184 e. The van der Waals surface area contributed by atoms with Crippen molar-refractivity contribution >= 4 is 5.69 Å². The van der Waals surface area contributed by atoms with Crippen LogP contribution in [0.5, 0.6) is 11.5 Å². The number of anilines is 1. The molecule has 1 aromatic carbocycles. The lowest BCUT2D eigenvalue weighted by Gasteiger charge is -2.20. The van der Waals surface area contributed by atoms with Gasteiger partial charge in [0, 0.05) is 0 Å². The van der Waals surface area contributed by atoms with Crippen LogP contribution in [0.15, 0.2) is 12.1 Å². The largest absolute Gasteiger partial charge is 0.487 e. The van der Waals surface area contributed by atoms with Gasteiger partial charge < -0.3 is 15.2 Å². The van der Waals surface area contributed by atoms with Gasteiger partial charge >= 0.3 is 0 Å². The highest BCUT2D eigenvalue weighted by Crippen LogP contribution is 2.37. The van der Waals surface area contributed by atoms with Crippen molar-refractivity contribution in [1.82, 2.24) is 0 Å². The molecular formula is C13H21NO2. The Hall–Kier alpha value is -1.38. The van der Waals surface area contributed by atoms with E-state index >= 15 is 0 Å². The quantitative estimate of drug-likeness (QED) is 0.797. The number of aryl methyl sites for hydroxylation is 1. The van der Waals surface area contributed by atoms with E-state index in [1.165, 1.54) is 0 Å². The standard InChI is InChI=1S/C13H21NO2/c1-8(2)15-12-10(5)6-7-11(14)13(12)16-9(3)4/h6-9H,14H2,1-5H3. The third-order valence-corrected chi connectivity index (χ3v) is 2.05. The van der Waals surface area contributed by atoms with E-state index in [1.807, 2.05) is 46.8 Å². The molecule has 16 heavy (non-hydrogen) atoms. The summed E-state index contributed by atoms with van der Waals surface area (Å²) in [4.78, 5) is 0. The maximum atomic E-state index is 5.91. The number of benzene rings is 1. The summed E-state index contributed by atoms with van der Waals surface area (Å²) in [6, 6.07) is 3.79. The monoisotopic (exact) mass is 223 g/mol. The van der Waals surface area contributed by atoms with Crippen LogP contribution in [0.1, 0.15) is 33.3 Å². The van der Waals surface area contributed by atoms with Crippen LogP contribution in [0, 0.1) is 6.92 Å². The van der Waals surface area contributed by atoms with E-state index in [9.17, 15) is 0 Å². The molecule has 0 fully saturated rings. The van der Waals surface area contributed by atoms with Gasteiger partial charge in [-0.2, -0.15) is 0 Å². The molecule has 0 heterocycles. The molecule has 1 rings (SSSR count). The Bertz CT molecular complexity index is 324. The van der Waals surface area contributed by atoms with Gasteiger partial charge in [-0.1, -0.05) is 6.07 Å². The summed E-state index contributed by atoms with van der Waals surface area (Å²) in [7, 11) is 0. The highest BCUT2D eigenvalue weighted by atomic mass is 16.5. The summed E-state index contributed by atoms with van der Waals surface area (Å²) in [6.07, 6.45) is 0.189. The zero-order chi connectivity index (χ0) is 12.3. The van der Waals surface area contributed by atoms with E-state index in [0.29, 0.717) is 11.4 Å². The third kappa shape index (κ3) is 3.05. The molecule has 0 saturated carbocycles. The summed E-state index contributed by atoms with van der Waals surface area (Å²) in [5, 5.41) is 0. The molecule has 0 aromatic heterocycles. The van der Waals surface area contributed by atoms with Crippen LogP contribution in [-0.4, -0.2) is 12.2 Å². The highest BCUT2D eigenvalue weighted by molar-refractivity contribution is 5.63. The SMILES string of the molecule is Cc1ccc(N)c(OC(C)C)c1OC(C)C. The van der Waals surface area contributed by atoms with E-state index in [1.54, 1.807) is 0 Å². The molecule has 0 amide bonds. The van der Waals surface area contributed by atoms with E-state index in [2.05, 4.69) is 0 Å². The van der Waals surface area contributed by atoms with Gasteiger partial charge in [-0.15, -0.1) is 0 Å². The first-order valence-electron chi connectivity index (χ1n) is 5.64. The van der Waals surface area contributed by atoms with E-state index < -0.39 is 0 Å². The average molecular weight is 223 g/mol. The summed E-state index contributed by atoms with van der Waals surface area (Å²) in [6.45, 7) is 9.91. The molecule has 2 N–H and O–H groups in total. The average Bonchev–Trinajstić information content (AvgIpc) is 2.16. The Kier molecular flexibility index (Phi) is 4.05. The normalized spacial score (nSPS) is 10.9. The maximum absolute atomic E-state index is 5.91. The minimum Gasteiger partial charge on any atom is -0.487 e. The lowest BCUT2D eigenvalue weighted by atomic mass is 10.2. The van der Waals surface area contributed by atoms with Gasteiger partial charge in [0.1, 0.15) is 0 Å². The minimum absolute atomic E-state index is 0.0820. The molecule has 0 spiro atoms. The minimum atomic E-state index is 0.0820. The van der Waals surface area contributed by atoms with Crippen LogP contribution < -0.4 is 15.2 Å². The first-order valence-corrected chi connectivity index (χ1v) is 5.64. The number of nitrogens with two attached hydrogens (primary N) is 1. The summed E-state index contributed by atoms with van der Waals surface area (Å²) in [5.41, 5.74) is 7.57. The second kappa shape index (κ2) is 5.10. The first-order chi connectivity index (χ1) is 7.41. The molecule has 0 atom stereocenters. The fourth-order valence-electron chi connectivity index (χ4n) is 1.42. The molecule has 3 nitrogen and oxygen atoms in total. The molecular weight excluding hydrogens is 202 g/mol. The van der Waals surface area contributed by atoms with Crippen molar-refractivity contribution in [2.75, 3.05) is 5.73 Å². The molecule has 0 unspecified atom stereocenters. The molecule has 0 radical (unpaired) electrons. The predicted molar refractivity (Wildman–Crippen MR) is 67.1 cm³/mol. The van der Waals surface area contributed by atoms with E-state index in [4.69, 9.17) is 15.2 Å². The third-order valence-electron chi connectivity index (χ3n) is 2.05. The lowest BCUT2D eigenvalue weighted by molar-refractivity contribution is 0.199. The Balaban J connectivity index is 3.14. The Morgan fingerprint density at radius 2 is 1.44 bits per heavy atom. The van der Waals surface area contributed by atoms with Crippen LogP contribution in [-0.2, 0) is 0 Å². The second-order valence-electron chi connectivity index (χ2n) is 4.46. The molecule has 0 aliphatic rings. The fraction of sp³-hybridized carbons (Fsp3) is 0.538. The number of nitrogen functional groups attached to an aromatic ring is 1. The zero-order valence-electron chi connectivity index (χ0n) is 10.7. The van der Waals surface area contributed by atoms with Crippen molar-refractivity contribution in [3.63, 3.8) is 0 Å². The van der Waals surface area contributed by atoms with Crippen LogP contribution in [0.2, 0.25) is 0 Å². The first kappa shape index (κ1) is 12.7. The van der Waals surface area contributed by atoms with Crippen molar-refractivity contribution in [3.8, 4) is 11.5 Å². The maximum Gasteiger partial charge on any atom is 0.184 e. The lowest BCUT2D eigenvalue weighted by Crippen LogP contribution is -2.13.